The minimum absolute atomic E-state index is 0.284. The number of fused-ring (bicyclic) bond motifs is 3. The van der Waals surface area contributed by atoms with Crippen LogP contribution < -0.4 is 0 Å². The lowest BCUT2D eigenvalue weighted by molar-refractivity contribution is -0.133. The Morgan fingerprint density at radius 3 is 2.42 bits per heavy atom. The molecule has 3 rings (SSSR count). The van der Waals surface area contributed by atoms with Crippen LogP contribution in [0.1, 0.15) is 53.4 Å². The third-order valence-electron chi connectivity index (χ3n) is 6.97. The molecule has 0 aromatic heterocycles. The zero-order chi connectivity index (χ0) is 18.1. The van der Waals surface area contributed by atoms with Crippen molar-refractivity contribution in [3.05, 3.63) is 35.6 Å². The largest absolute Gasteiger partial charge is 0.504 e. The molecule has 0 saturated heterocycles. The summed E-state index contributed by atoms with van der Waals surface area (Å²) in [7, 11) is 0. The van der Waals surface area contributed by atoms with E-state index in [1.54, 1.807) is 12.2 Å². The number of rotatable bonds is 1. The Balaban J connectivity index is 2.31. The van der Waals surface area contributed by atoms with Crippen molar-refractivity contribution < 1.29 is 20.1 Å². The first-order valence-corrected chi connectivity index (χ1v) is 8.69. The van der Waals surface area contributed by atoms with Crippen molar-refractivity contribution in [2.45, 2.75) is 65.1 Å². The van der Waals surface area contributed by atoms with Crippen LogP contribution >= 0.6 is 0 Å². The Labute approximate surface area is 143 Å². The number of carbonyl (C=O) groups is 1. The standard InChI is InChI=1S/C20H28O4/c1-6-18(4)9-10-20(24)12(11-18)14(22)15(23)16-17(2,3)13(21)7-8-19(16,20)5/h6,11,13,21,23-24H,1,7-10H2,2-5H3. The zero-order valence-corrected chi connectivity index (χ0v) is 15.0. The minimum Gasteiger partial charge on any atom is -0.504 e. The quantitative estimate of drug-likeness (QED) is 0.644. The van der Waals surface area contributed by atoms with Gasteiger partial charge in [0.05, 0.1) is 6.10 Å². The van der Waals surface area contributed by atoms with Gasteiger partial charge in [-0.3, -0.25) is 4.79 Å². The lowest BCUT2D eigenvalue weighted by Gasteiger charge is -2.59. The van der Waals surface area contributed by atoms with Crippen LogP contribution in [0.25, 0.3) is 0 Å². The van der Waals surface area contributed by atoms with Gasteiger partial charge in [0.15, 0.2) is 5.76 Å². The highest BCUT2D eigenvalue weighted by Crippen LogP contribution is 2.63. The van der Waals surface area contributed by atoms with Crippen LogP contribution in [-0.2, 0) is 4.79 Å². The summed E-state index contributed by atoms with van der Waals surface area (Å²) < 4.78 is 0. The summed E-state index contributed by atoms with van der Waals surface area (Å²) in [5, 5.41) is 32.8. The molecule has 3 N–H and O–H groups in total. The molecule has 3 aliphatic rings. The summed E-state index contributed by atoms with van der Waals surface area (Å²) >= 11 is 0. The van der Waals surface area contributed by atoms with Crippen molar-refractivity contribution in [3.8, 4) is 0 Å². The van der Waals surface area contributed by atoms with E-state index >= 15 is 0 Å². The van der Waals surface area contributed by atoms with E-state index in [0.717, 1.165) is 0 Å². The van der Waals surface area contributed by atoms with Crippen molar-refractivity contribution in [1.29, 1.82) is 0 Å². The molecule has 1 saturated carbocycles. The van der Waals surface area contributed by atoms with Gasteiger partial charge in [-0.1, -0.05) is 39.8 Å². The van der Waals surface area contributed by atoms with Crippen molar-refractivity contribution in [1.82, 2.24) is 0 Å². The highest BCUT2D eigenvalue weighted by atomic mass is 16.3. The molecule has 0 amide bonds. The van der Waals surface area contributed by atoms with Gasteiger partial charge in [-0.25, -0.2) is 0 Å². The van der Waals surface area contributed by atoms with E-state index in [1.165, 1.54) is 0 Å². The van der Waals surface area contributed by atoms with E-state index in [4.69, 9.17) is 0 Å². The van der Waals surface area contributed by atoms with E-state index in [-0.39, 0.29) is 16.7 Å². The highest BCUT2D eigenvalue weighted by Gasteiger charge is 2.64. The topological polar surface area (TPSA) is 77.8 Å². The molecule has 0 aromatic rings. The van der Waals surface area contributed by atoms with Gasteiger partial charge in [0.1, 0.15) is 5.60 Å². The van der Waals surface area contributed by atoms with Gasteiger partial charge < -0.3 is 15.3 Å². The Kier molecular flexibility index (Phi) is 3.51. The summed E-state index contributed by atoms with van der Waals surface area (Å²) in [6, 6.07) is 0. The van der Waals surface area contributed by atoms with E-state index in [2.05, 4.69) is 6.58 Å². The van der Waals surface area contributed by atoms with Gasteiger partial charge in [0.2, 0.25) is 5.78 Å². The maximum absolute atomic E-state index is 12.9. The van der Waals surface area contributed by atoms with Crippen molar-refractivity contribution in [2.75, 3.05) is 0 Å². The first-order valence-electron chi connectivity index (χ1n) is 8.69. The van der Waals surface area contributed by atoms with Crippen LogP contribution in [0.5, 0.6) is 0 Å². The molecule has 132 valence electrons. The predicted octanol–water partition coefficient (Wildman–Crippen LogP) is 3.21. The van der Waals surface area contributed by atoms with E-state index in [0.29, 0.717) is 31.3 Å². The molecule has 1 fully saturated rings. The Hall–Kier alpha value is -1.39. The van der Waals surface area contributed by atoms with Crippen molar-refractivity contribution in [3.63, 3.8) is 0 Å². The molecule has 24 heavy (non-hydrogen) atoms. The fraction of sp³-hybridized carbons (Fsp3) is 0.650. The number of ketones is 1. The average Bonchev–Trinajstić information content (AvgIpc) is 2.52. The van der Waals surface area contributed by atoms with Crippen LogP contribution in [0.15, 0.2) is 35.6 Å². The predicted molar refractivity (Wildman–Crippen MR) is 92.4 cm³/mol. The molecule has 0 aliphatic heterocycles. The number of Topliss-reactive ketones (excluding diaryl/α,β-unsaturated/α-hetero) is 1. The van der Waals surface area contributed by atoms with E-state index in [9.17, 15) is 20.1 Å². The summed E-state index contributed by atoms with van der Waals surface area (Å²) in [5.41, 5.74) is -2.41. The molecule has 3 aliphatic carbocycles. The molecule has 0 bridgehead atoms. The monoisotopic (exact) mass is 332 g/mol. The molecule has 0 radical (unpaired) electrons. The maximum atomic E-state index is 12.9. The molecule has 0 aromatic carbocycles. The number of carbonyl (C=O) groups excluding carboxylic acids is 1. The van der Waals surface area contributed by atoms with Crippen LogP contribution in [0.2, 0.25) is 0 Å². The number of hydrogen-bond donors (Lipinski definition) is 3. The first kappa shape index (κ1) is 17.4. The smallest absolute Gasteiger partial charge is 0.225 e. The van der Waals surface area contributed by atoms with E-state index in [1.807, 2.05) is 27.7 Å². The molecular formula is C20H28O4. The third kappa shape index (κ3) is 1.90. The van der Waals surface area contributed by atoms with Crippen LogP contribution in [0.4, 0.5) is 0 Å². The second-order valence-corrected chi connectivity index (χ2v) is 8.79. The maximum Gasteiger partial charge on any atom is 0.225 e. The van der Waals surface area contributed by atoms with Gasteiger partial charge in [0.25, 0.3) is 0 Å². The fourth-order valence-electron chi connectivity index (χ4n) is 5.10. The average molecular weight is 332 g/mol. The van der Waals surface area contributed by atoms with Gasteiger partial charge in [-0.05, 0) is 31.3 Å². The molecule has 0 spiro atoms. The van der Waals surface area contributed by atoms with Crippen molar-refractivity contribution >= 4 is 5.78 Å². The summed E-state index contributed by atoms with van der Waals surface area (Å²) in [6.45, 7) is 11.4. The lowest BCUT2D eigenvalue weighted by Crippen LogP contribution is -2.62. The zero-order valence-electron chi connectivity index (χ0n) is 15.0. The van der Waals surface area contributed by atoms with Gasteiger partial charge in [-0.2, -0.15) is 0 Å². The molecular weight excluding hydrogens is 304 g/mol. The normalized spacial score (nSPS) is 44.5. The Morgan fingerprint density at radius 2 is 1.83 bits per heavy atom. The summed E-state index contributed by atoms with van der Waals surface area (Å²) in [6.07, 6.45) is 5.11. The van der Waals surface area contributed by atoms with Crippen LogP contribution in [0, 0.1) is 16.2 Å². The Morgan fingerprint density at radius 1 is 1.21 bits per heavy atom. The lowest BCUT2D eigenvalue weighted by atomic mass is 9.46. The van der Waals surface area contributed by atoms with Gasteiger partial charge in [0, 0.05) is 21.8 Å². The number of allylic oxidation sites excluding steroid dienone is 3. The Bertz CT molecular complexity index is 686. The SMILES string of the molecule is C=CC1(C)C=C2C(=O)C(O)=C3C(C)(C)C(O)CCC3(C)C2(O)CC1. The summed E-state index contributed by atoms with van der Waals surface area (Å²) in [4.78, 5) is 12.9. The summed E-state index contributed by atoms with van der Waals surface area (Å²) in [5.74, 6) is -0.814. The minimum atomic E-state index is -1.31. The third-order valence-corrected chi connectivity index (χ3v) is 6.97. The van der Waals surface area contributed by atoms with Gasteiger partial charge >= 0.3 is 0 Å². The number of aliphatic hydroxyl groups excluding tert-OH is 2. The van der Waals surface area contributed by atoms with Gasteiger partial charge in [-0.15, -0.1) is 6.58 Å². The molecule has 0 heterocycles. The molecule has 4 heteroatoms. The molecule has 4 nitrogen and oxygen atoms in total. The van der Waals surface area contributed by atoms with Crippen molar-refractivity contribution in [2.24, 2.45) is 16.2 Å². The molecule has 4 unspecified atom stereocenters. The highest BCUT2D eigenvalue weighted by molar-refractivity contribution is 6.10. The fourth-order valence-corrected chi connectivity index (χ4v) is 5.10. The van der Waals surface area contributed by atoms with Crippen LogP contribution in [-0.4, -0.2) is 32.8 Å². The van der Waals surface area contributed by atoms with Crippen LogP contribution in [0.3, 0.4) is 0 Å². The number of hydrogen-bond acceptors (Lipinski definition) is 4. The van der Waals surface area contributed by atoms with E-state index < -0.39 is 28.3 Å². The second kappa shape index (κ2) is 4.83. The number of aliphatic hydroxyl groups is 3. The first-order chi connectivity index (χ1) is 10.9. The molecule has 4 atom stereocenters. The second-order valence-electron chi connectivity index (χ2n) is 8.79.